The summed E-state index contributed by atoms with van der Waals surface area (Å²) in [6.07, 6.45) is 5.30. The summed E-state index contributed by atoms with van der Waals surface area (Å²) < 4.78 is 0. The maximum atomic E-state index is 11.8. The minimum atomic E-state index is -1.35. The maximum absolute atomic E-state index is 11.8. The summed E-state index contributed by atoms with van der Waals surface area (Å²) in [6, 6.07) is -0.116. The van der Waals surface area contributed by atoms with Gasteiger partial charge in [-0.3, -0.25) is 4.90 Å². The van der Waals surface area contributed by atoms with E-state index in [9.17, 15) is 4.79 Å². The molecule has 1 aliphatic carbocycles. The lowest BCUT2D eigenvalue weighted by Gasteiger charge is -2.35. The van der Waals surface area contributed by atoms with Gasteiger partial charge in [0.05, 0.1) is 6.61 Å². The summed E-state index contributed by atoms with van der Waals surface area (Å²) in [5.74, 6) is 0. The Morgan fingerprint density at radius 2 is 1.91 bits per heavy atom. The quantitative estimate of drug-likeness (QED) is 0.487. The highest BCUT2D eigenvalue weighted by Gasteiger charge is 2.22. The molecule has 1 aliphatic heterocycles. The first-order valence-electron chi connectivity index (χ1n) is 7.71. The normalized spacial score (nSPS) is 19.5. The molecule has 22 heavy (non-hydrogen) atoms. The molecule has 4 N–H and O–H groups in total. The molecule has 0 aromatic heterocycles. The van der Waals surface area contributed by atoms with E-state index in [1.807, 2.05) is 6.08 Å². The lowest BCUT2D eigenvalue weighted by molar-refractivity contribution is 0.143. The lowest BCUT2D eigenvalue weighted by Crippen LogP contribution is -2.52. The number of rotatable bonds is 5. The minimum absolute atomic E-state index is 0.0437. The topological polar surface area (TPSA) is 96.3 Å². The molecule has 122 valence electrons. The van der Waals surface area contributed by atoms with Gasteiger partial charge in [0.2, 0.25) is 0 Å². The monoisotopic (exact) mass is 309 g/mol. The third-order valence-electron chi connectivity index (χ3n) is 4.07. The fourth-order valence-corrected chi connectivity index (χ4v) is 2.71. The van der Waals surface area contributed by atoms with Gasteiger partial charge in [0, 0.05) is 39.3 Å². The van der Waals surface area contributed by atoms with Gasteiger partial charge in [0.15, 0.2) is 0 Å². The Kier molecular flexibility index (Phi) is 6.44. The zero-order valence-corrected chi connectivity index (χ0v) is 12.7. The van der Waals surface area contributed by atoms with Gasteiger partial charge in [-0.2, -0.15) is 0 Å². The Bertz CT molecular complexity index is 445. The Morgan fingerprint density at radius 3 is 2.45 bits per heavy atom. The second-order valence-electron chi connectivity index (χ2n) is 5.66. The first kappa shape index (κ1) is 17.0. The highest BCUT2D eigenvalue weighted by atomic mass is 16.4. The molecule has 7 nitrogen and oxygen atoms in total. The van der Waals surface area contributed by atoms with Crippen molar-refractivity contribution in [2.45, 2.75) is 12.8 Å². The fourth-order valence-electron chi connectivity index (χ4n) is 2.71. The predicted octanol–water partition coefficient (Wildman–Crippen LogP) is -1.04. The molecule has 8 heteroatoms. The fraction of sp³-hybridized carbons (Fsp3) is 0.643. The number of nitrogens with one attached hydrogen (secondary N) is 1. The van der Waals surface area contributed by atoms with Crippen molar-refractivity contribution in [2.75, 3.05) is 45.9 Å². The largest absolute Gasteiger partial charge is 0.484 e. The third-order valence-corrected chi connectivity index (χ3v) is 4.07. The molecule has 0 bridgehead atoms. The van der Waals surface area contributed by atoms with Crippen LogP contribution in [0.2, 0.25) is 0 Å². The van der Waals surface area contributed by atoms with Crippen LogP contribution in [-0.2, 0) is 0 Å². The van der Waals surface area contributed by atoms with E-state index < -0.39 is 7.12 Å². The van der Waals surface area contributed by atoms with Crippen LogP contribution in [0, 0.1) is 0 Å². The average Bonchev–Trinajstić information content (AvgIpc) is 2.54. The summed E-state index contributed by atoms with van der Waals surface area (Å²) in [5, 5.41) is 29.6. The van der Waals surface area contributed by atoms with Crippen LogP contribution >= 0.6 is 0 Å². The number of nitrogens with zero attached hydrogens (tertiary/aromatic N) is 2. The zero-order chi connectivity index (χ0) is 15.9. The number of carbonyl (C=O) groups excluding carboxylic acids is 1. The average molecular weight is 309 g/mol. The van der Waals surface area contributed by atoms with E-state index in [4.69, 9.17) is 15.2 Å². The molecule has 1 fully saturated rings. The van der Waals surface area contributed by atoms with Crippen molar-refractivity contribution in [1.29, 1.82) is 0 Å². The van der Waals surface area contributed by atoms with Gasteiger partial charge in [0.1, 0.15) is 0 Å². The summed E-state index contributed by atoms with van der Waals surface area (Å²) in [4.78, 5) is 15.8. The smallest absolute Gasteiger partial charge is 0.423 e. The van der Waals surface area contributed by atoms with Crippen LogP contribution in [0.4, 0.5) is 4.79 Å². The molecule has 2 aliphatic rings. The molecule has 0 spiro atoms. The zero-order valence-electron chi connectivity index (χ0n) is 12.7. The number of aliphatic hydroxyl groups is 1. The highest BCUT2D eigenvalue weighted by molar-refractivity contribution is 6.50. The Hall–Kier alpha value is -1.35. The second kappa shape index (κ2) is 8.33. The second-order valence-corrected chi connectivity index (χ2v) is 5.66. The van der Waals surface area contributed by atoms with E-state index in [2.05, 4.69) is 10.2 Å². The van der Waals surface area contributed by atoms with E-state index in [-0.39, 0.29) is 19.2 Å². The molecule has 2 rings (SSSR count). The van der Waals surface area contributed by atoms with Crippen molar-refractivity contribution in [3.8, 4) is 0 Å². The van der Waals surface area contributed by atoms with Crippen molar-refractivity contribution >= 4 is 13.1 Å². The summed E-state index contributed by atoms with van der Waals surface area (Å²) >= 11 is 0. The van der Waals surface area contributed by atoms with Crippen molar-refractivity contribution in [2.24, 2.45) is 0 Å². The van der Waals surface area contributed by atoms with Gasteiger partial charge in [-0.1, -0.05) is 17.7 Å². The maximum Gasteiger partial charge on any atom is 0.484 e. The van der Waals surface area contributed by atoms with E-state index in [1.165, 1.54) is 5.57 Å². The number of aliphatic hydroxyl groups excluding tert-OH is 1. The van der Waals surface area contributed by atoms with Crippen molar-refractivity contribution in [3.05, 3.63) is 23.2 Å². The molecule has 1 saturated heterocycles. The van der Waals surface area contributed by atoms with Crippen LogP contribution in [0.5, 0.6) is 0 Å². The first-order valence-corrected chi connectivity index (χ1v) is 7.71. The van der Waals surface area contributed by atoms with E-state index in [1.54, 1.807) is 11.0 Å². The van der Waals surface area contributed by atoms with Crippen molar-refractivity contribution in [1.82, 2.24) is 15.1 Å². The number of hydrogen-bond acceptors (Lipinski definition) is 5. The molecular formula is C14H24BN3O4. The van der Waals surface area contributed by atoms with Crippen LogP contribution in [0.15, 0.2) is 23.2 Å². The van der Waals surface area contributed by atoms with Crippen LogP contribution in [0.25, 0.3) is 0 Å². The van der Waals surface area contributed by atoms with Gasteiger partial charge < -0.3 is 25.4 Å². The Morgan fingerprint density at radius 1 is 1.18 bits per heavy atom. The standard InChI is InChI=1S/C14H24BN3O4/c19-10-5-16-14(20)18-8-6-17(7-9-18)11-12-1-3-13(4-2-12)15(21)22/h1,3,19,21-22H,2,4-11H2,(H,16,20). The molecule has 0 aromatic rings. The van der Waals surface area contributed by atoms with Gasteiger partial charge in [-0.05, 0) is 18.3 Å². The van der Waals surface area contributed by atoms with Crippen LogP contribution in [0.3, 0.4) is 0 Å². The number of carbonyl (C=O) groups is 1. The van der Waals surface area contributed by atoms with Crippen LogP contribution in [0.1, 0.15) is 12.8 Å². The van der Waals surface area contributed by atoms with E-state index in [0.717, 1.165) is 26.1 Å². The molecule has 0 aromatic carbocycles. The summed E-state index contributed by atoms with van der Waals surface area (Å²) in [5.41, 5.74) is 1.94. The molecule has 0 atom stereocenters. The number of hydrogen-bond donors (Lipinski definition) is 4. The molecule has 0 unspecified atom stereocenters. The number of urea groups is 1. The minimum Gasteiger partial charge on any atom is -0.423 e. The Labute approximate surface area is 131 Å². The molecular weight excluding hydrogens is 285 g/mol. The van der Waals surface area contributed by atoms with Crippen molar-refractivity contribution in [3.63, 3.8) is 0 Å². The molecule has 0 saturated carbocycles. The lowest BCUT2D eigenvalue weighted by atomic mass is 9.74. The van der Waals surface area contributed by atoms with Gasteiger partial charge in [-0.25, -0.2) is 4.79 Å². The summed E-state index contributed by atoms with van der Waals surface area (Å²) in [6.45, 7) is 4.11. The number of amides is 2. The molecule has 1 heterocycles. The third kappa shape index (κ3) is 4.84. The first-order chi connectivity index (χ1) is 10.6. The van der Waals surface area contributed by atoms with Crippen LogP contribution in [-0.4, -0.2) is 84.0 Å². The molecule has 0 radical (unpaired) electrons. The van der Waals surface area contributed by atoms with Gasteiger partial charge in [-0.15, -0.1) is 0 Å². The van der Waals surface area contributed by atoms with Gasteiger partial charge >= 0.3 is 13.1 Å². The Balaban J connectivity index is 1.75. The van der Waals surface area contributed by atoms with E-state index in [0.29, 0.717) is 25.0 Å². The van der Waals surface area contributed by atoms with Crippen LogP contribution < -0.4 is 5.32 Å². The number of allylic oxidation sites excluding steroid dienone is 3. The van der Waals surface area contributed by atoms with Gasteiger partial charge in [0.25, 0.3) is 0 Å². The number of piperazine rings is 1. The van der Waals surface area contributed by atoms with Crippen molar-refractivity contribution < 1.29 is 19.9 Å². The molecule has 2 amide bonds. The predicted molar refractivity (Wildman–Crippen MR) is 84.1 cm³/mol. The highest BCUT2D eigenvalue weighted by Crippen LogP contribution is 2.20. The SMILES string of the molecule is O=C(NCCO)N1CCN(CC2=CC=C(B(O)O)CC2)CC1. The van der Waals surface area contributed by atoms with E-state index >= 15 is 0 Å². The summed E-state index contributed by atoms with van der Waals surface area (Å²) in [7, 11) is -1.35.